The Balaban J connectivity index is 1.72. The first kappa shape index (κ1) is 16.2. The molecule has 1 saturated carbocycles. The molecule has 0 radical (unpaired) electrons. The molecule has 8 heteroatoms. The summed E-state index contributed by atoms with van der Waals surface area (Å²) in [7, 11) is 0. The maximum atomic E-state index is 14.1. The predicted molar refractivity (Wildman–Crippen MR) is 93.6 cm³/mol. The minimum absolute atomic E-state index is 0.00857. The number of nitrogens with zero attached hydrogens (tertiary/aromatic N) is 3. The highest BCUT2D eigenvalue weighted by Crippen LogP contribution is 2.31. The van der Waals surface area contributed by atoms with Gasteiger partial charge in [-0.3, -0.25) is 14.0 Å². The van der Waals surface area contributed by atoms with Gasteiger partial charge in [0.2, 0.25) is 0 Å². The summed E-state index contributed by atoms with van der Waals surface area (Å²) in [5, 5.41) is 2.00. The third-order valence-electron chi connectivity index (χ3n) is 4.21. The Kier molecular flexibility index (Phi) is 4.05. The van der Waals surface area contributed by atoms with E-state index in [1.807, 2.05) is 0 Å². The summed E-state index contributed by atoms with van der Waals surface area (Å²) in [5.41, 5.74) is -0.175. The van der Waals surface area contributed by atoms with E-state index in [1.54, 1.807) is 17.6 Å². The molecule has 2 heterocycles. The van der Waals surface area contributed by atoms with Gasteiger partial charge >= 0.3 is 0 Å². The van der Waals surface area contributed by atoms with Crippen LogP contribution in [0.3, 0.4) is 0 Å². The fraction of sp³-hybridized carbons (Fsp3) is 0.235. The summed E-state index contributed by atoms with van der Waals surface area (Å²) in [5.74, 6) is -0.908. The number of carbonyl (C=O) groups is 1. The molecule has 1 aliphatic rings. The van der Waals surface area contributed by atoms with E-state index in [9.17, 15) is 14.0 Å². The summed E-state index contributed by atoms with van der Waals surface area (Å²) >= 11 is 7.40. The van der Waals surface area contributed by atoms with Crippen molar-refractivity contribution in [3.8, 4) is 0 Å². The number of carbonyl (C=O) groups excluding carboxylic acids is 1. The van der Waals surface area contributed by atoms with Crippen molar-refractivity contribution in [3.05, 3.63) is 68.3 Å². The van der Waals surface area contributed by atoms with Gasteiger partial charge in [0.15, 0.2) is 4.96 Å². The van der Waals surface area contributed by atoms with Crippen molar-refractivity contribution in [1.82, 2.24) is 14.3 Å². The molecule has 5 nitrogen and oxygen atoms in total. The third kappa shape index (κ3) is 2.94. The second-order valence-corrected chi connectivity index (χ2v) is 7.18. The average molecular weight is 378 g/mol. The molecular weight excluding hydrogens is 365 g/mol. The number of rotatable bonds is 4. The Morgan fingerprint density at radius 3 is 2.96 bits per heavy atom. The quantitative estimate of drug-likeness (QED) is 0.700. The zero-order valence-corrected chi connectivity index (χ0v) is 14.6. The molecule has 0 aliphatic heterocycles. The van der Waals surface area contributed by atoms with Crippen LogP contribution in [0.5, 0.6) is 0 Å². The first-order valence-corrected chi connectivity index (χ1v) is 9.00. The highest BCUT2D eigenvalue weighted by molar-refractivity contribution is 7.15. The van der Waals surface area contributed by atoms with Crippen LogP contribution in [-0.4, -0.2) is 26.2 Å². The zero-order chi connectivity index (χ0) is 17.6. The number of benzene rings is 1. The van der Waals surface area contributed by atoms with Gasteiger partial charge in [0.25, 0.3) is 11.5 Å². The van der Waals surface area contributed by atoms with Crippen LogP contribution in [0.25, 0.3) is 4.96 Å². The largest absolute Gasteiger partial charge is 0.331 e. The molecular formula is C17H13ClFN3O2S. The highest BCUT2D eigenvalue weighted by Gasteiger charge is 2.35. The van der Waals surface area contributed by atoms with Crippen LogP contribution in [0, 0.1) is 5.82 Å². The maximum absolute atomic E-state index is 14.1. The van der Waals surface area contributed by atoms with E-state index in [4.69, 9.17) is 11.6 Å². The standard InChI is InChI=1S/C17H13ClFN3O2S/c18-13-2-1-3-14(19)12(13)9-22(10-4-5-10)16(24)11-8-20-17-21(15(11)23)6-7-25-17/h1-3,6-8,10H,4-5,9H2. The SMILES string of the molecule is O=C(c1cnc2sccn2c1=O)N(Cc1c(F)cccc1Cl)C1CC1. The van der Waals surface area contributed by atoms with Crippen LogP contribution in [0.1, 0.15) is 28.8 Å². The number of hydrogen-bond donors (Lipinski definition) is 0. The Morgan fingerprint density at radius 2 is 2.24 bits per heavy atom. The van der Waals surface area contributed by atoms with E-state index in [0.717, 1.165) is 12.8 Å². The number of aromatic nitrogens is 2. The van der Waals surface area contributed by atoms with Gasteiger partial charge in [0, 0.05) is 34.4 Å². The van der Waals surface area contributed by atoms with Gasteiger partial charge in [0.05, 0.1) is 6.54 Å². The summed E-state index contributed by atoms with van der Waals surface area (Å²) in [6.07, 6.45) is 4.54. The molecule has 1 amide bonds. The molecule has 25 heavy (non-hydrogen) atoms. The highest BCUT2D eigenvalue weighted by atomic mass is 35.5. The van der Waals surface area contributed by atoms with Crippen molar-refractivity contribution in [2.24, 2.45) is 0 Å². The monoisotopic (exact) mass is 377 g/mol. The molecule has 1 aliphatic carbocycles. The summed E-state index contributed by atoms with van der Waals surface area (Å²) < 4.78 is 15.5. The van der Waals surface area contributed by atoms with Crippen LogP contribution >= 0.6 is 22.9 Å². The van der Waals surface area contributed by atoms with E-state index in [-0.39, 0.29) is 28.7 Å². The van der Waals surface area contributed by atoms with Crippen molar-refractivity contribution in [2.45, 2.75) is 25.4 Å². The van der Waals surface area contributed by atoms with E-state index < -0.39 is 17.3 Å². The summed E-state index contributed by atoms with van der Waals surface area (Å²) in [4.78, 5) is 31.7. The van der Waals surface area contributed by atoms with Crippen LogP contribution < -0.4 is 5.56 Å². The second-order valence-electron chi connectivity index (χ2n) is 5.90. The average Bonchev–Trinajstić information content (AvgIpc) is 3.30. The topological polar surface area (TPSA) is 54.7 Å². The minimum Gasteiger partial charge on any atom is -0.331 e. The number of halogens is 2. The number of amides is 1. The first-order chi connectivity index (χ1) is 12.1. The Hall–Kier alpha value is -2.25. The number of fused-ring (bicyclic) bond motifs is 1. The summed E-state index contributed by atoms with van der Waals surface area (Å²) in [6, 6.07) is 4.41. The number of hydrogen-bond acceptors (Lipinski definition) is 4. The Bertz CT molecular complexity index is 1010. The normalized spacial score (nSPS) is 14.0. The molecule has 1 fully saturated rings. The van der Waals surface area contributed by atoms with E-state index >= 15 is 0 Å². The fourth-order valence-electron chi connectivity index (χ4n) is 2.73. The lowest BCUT2D eigenvalue weighted by atomic mass is 10.1. The molecule has 0 saturated heterocycles. The van der Waals surface area contributed by atoms with Gasteiger partial charge in [-0.15, -0.1) is 11.3 Å². The maximum Gasteiger partial charge on any atom is 0.271 e. The Morgan fingerprint density at radius 1 is 1.44 bits per heavy atom. The molecule has 3 aromatic rings. The molecule has 128 valence electrons. The van der Waals surface area contributed by atoms with Crippen molar-refractivity contribution >= 4 is 33.8 Å². The molecule has 1 aromatic carbocycles. The zero-order valence-electron chi connectivity index (χ0n) is 13.0. The van der Waals surface area contributed by atoms with Crippen molar-refractivity contribution < 1.29 is 9.18 Å². The predicted octanol–water partition coefficient (Wildman–Crippen LogP) is 3.35. The molecule has 0 spiro atoms. The molecule has 4 rings (SSSR count). The van der Waals surface area contributed by atoms with E-state index in [1.165, 1.54) is 39.0 Å². The van der Waals surface area contributed by atoms with Gasteiger partial charge in [-0.05, 0) is 25.0 Å². The first-order valence-electron chi connectivity index (χ1n) is 7.75. The fourth-order valence-corrected chi connectivity index (χ4v) is 3.63. The van der Waals surface area contributed by atoms with Gasteiger partial charge in [0.1, 0.15) is 11.4 Å². The van der Waals surface area contributed by atoms with Crippen LogP contribution in [0.4, 0.5) is 4.39 Å². The molecule has 0 bridgehead atoms. The minimum atomic E-state index is -0.464. The summed E-state index contributed by atoms with van der Waals surface area (Å²) in [6.45, 7) is 0.0286. The lowest BCUT2D eigenvalue weighted by Gasteiger charge is -2.23. The molecule has 0 unspecified atom stereocenters. The smallest absolute Gasteiger partial charge is 0.271 e. The third-order valence-corrected chi connectivity index (χ3v) is 5.34. The van der Waals surface area contributed by atoms with Gasteiger partial charge in [-0.2, -0.15) is 0 Å². The number of thiazole rings is 1. The lowest BCUT2D eigenvalue weighted by Crippen LogP contribution is -2.37. The van der Waals surface area contributed by atoms with Gasteiger partial charge in [-0.25, -0.2) is 9.37 Å². The Labute approximate surface area is 151 Å². The molecule has 0 N–H and O–H groups in total. The van der Waals surface area contributed by atoms with Gasteiger partial charge in [-0.1, -0.05) is 17.7 Å². The van der Waals surface area contributed by atoms with Crippen LogP contribution in [0.15, 0.2) is 40.8 Å². The lowest BCUT2D eigenvalue weighted by molar-refractivity contribution is 0.0726. The van der Waals surface area contributed by atoms with Crippen molar-refractivity contribution in [2.75, 3.05) is 0 Å². The van der Waals surface area contributed by atoms with Gasteiger partial charge < -0.3 is 4.90 Å². The molecule has 0 atom stereocenters. The van der Waals surface area contributed by atoms with Crippen molar-refractivity contribution in [3.63, 3.8) is 0 Å². The molecule has 2 aromatic heterocycles. The van der Waals surface area contributed by atoms with Crippen LogP contribution in [-0.2, 0) is 6.54 Å². The van der Waals surface area contributed by atoms with E-state index in [2.05, 4.69) is 4.98 Å². The second kappa shape index (κ2) is 6.24. The van der Waals surface area contributed by atoms with Crippen molar-refractivity contribution in [1.29, 1.82) is 0 Å². The van der Waals surface area contributed by atoms with E-state index in [0.29, 0.717) is 4.96 Å². The van der Waals surface area contributed by atoms with Crippen LogP contribution in [0.2, 0.25) is 5.02 Å².